The predicted octanol–water partition coefficient (Wildman–Crippen LogP) is 1.79. The number of carboxylic acids is 1. The number of carbonyl (C=O) groups excluding carboxylic acids is 1. The Morgan fingerprint density at radius 1 is 1.14 bits per heavy atom. The van der Waals surface area contributed by atoms with Gasteiger partial charge in [0.1, 0.15) is 5.75 Å². The molecule has 2 amide bonds. The van der Waals surface area contributed by atoms with Crippen molar-refractivity contribution < 1.29 is 19.4 Å². The second-order valence-electron chi connectivity index (χ2n) is 4.60. The lowest BCUT2D eigenvalue weighted by Gasteiger charge is -2.10. The van der Waals surface area contributed by atoms with Crippen molar-refractivity contribution in [2.45, 2.75) is 25.7 Å². The molecular formula is C15H22N2O4. The lowest BCUT2D eigenvalue weighted by atomic mass is 10.1. The summed E-state index contributed by atoms with van der Waals surface area (Å²) < 4.78 is 5.24. The first-order valence-electron chi connectivity index (χ1n) is 6.99. The molecule has 0 saturated carbocycles. The number of hydrogen-bond acceptors (Lipinski definition) is 3. The third kappa shape index (κ3) is 7.20. The first-order chi connectivity index (χ1) is 10.1. The van der Waals surface area contributed by atoms with E-state index in [4.69, 9.17) is 9.84 Å². The highest BCUT2D eigenvalue weighted by molar-refractivity contribution is 5.73. The van der Waals surface area contributed by atoms with Crippen LogP contribution in [0.15, 0.2) is 24.3 Å². The zero-order valence-electron chi connectivity index (χ0n) is 12.2. The van der Waals surface area contributed by atoms with E-state index in [-0.39, 0.29) is 12.5 Å². The number of aliphatic carboxylic acids is 1. The van der Waals surface area contributed by atoms with Crippen LogP contribution in [0.3, 0.4) is 0 Å². The molecule has 6 heteroatoms. The van der Waals surface area contributed by atoms with Gasteiger partial charge < -0.3 is 20.5 Å². The number of carboxylic acid groups (broad SMARTS) is 1. The topological polar surface area (TPSA) is 87.7 Å². The van der Waals surface area contributed by atoms with E-state index in [9.17, 15) is 9.59 Å². The summed E-state index contributed by atoms with van der Waals surface area (Å²) in [4.78, 5) is 21.8. The fourth-order valence-corrected chi connectivity index (χ4v) is 1.89. The quantitative estimate of drug-likeness (QED) is 0.606. The zero-order chi connectivity index (χ0) is 15.5. The van der Waals surface area contributed by atoms with Crippen molar-refractivity contribution in [1.29, 1.82) is 0 Å². The summed E-state index contributed by atoms with van der Waals surface area (Å²) in [6.07, 6.45) is 2.05. The minimum Gasteiger partial charge on any atom is -0.496 e. The molecule has 1 aromatic rings. The molecule has 0 radical (unpaired) electrons. The Bertz CT molecular complexity index is 463. The number of rotatable bonds is 9. The summed E-state index contributed by atoms with van der Waals surface area (Å²) in [5, 5.41) is 13.9. The minimum atomic E-state index is -0.809. The van der Waals surface area contributed by atoms with Crippen molar-refractivity contribution >= 4 is 12.0 Å². The zero-order valence-corrected chi connectivity index (χ0v) is 12.2. The summed E-state index contributed by atoms with van der Waals surface area (Å²) in [6.45, 7) is 0.995. The highest BCUT2D eigenvalue weighted by Gasteiger charge is 2.03. The second-order valence-corrected chi connectivity index (χ2v) is 4.60. The van der Waals surface area contributed by atoms with E-state index in [1.165, 1.54) is 0 Å². The van der Waals surface area contributed by atoms with Crippen LogP contribution in [0, 0.1) is 0 Å². The van der Waals surface area contributed by atoms with Gasteiger partial charge in [-0.1, -0.05) is 18.2 Å². The lowest BCUT2D eigenvalue weighted by Crippen LogP contribution is -2.37. The lowest BCUT2D eigenvalue weighted by molar-refractivity contribution is -0.137. The summed E-state index contributed by atoms with van der Waals surface area (Å²) in [5.74, 6) is 0.00430. The van der Waals surface area contributed by atoms with Gasteiger partial charge in [-0.25, -0.2) is 4.79 Å². The molecule has 0 unspecified atom stereocenters. The molecule has 0 saturated heterocycles. The van der Waals surface area contributed by atoms with E-state index >= 15 is 0 Å². The van der Waals surface area contributed by atoms with Gasteiger partial charge in [0.2, 0.25) is 0 Å². The summed E-state index contributed by atoms with van der Waals surface area (Å²) in [6, 6.07) is 7.45. The number of nitrogens with one attached hydrogen (secondary N) is 2. The number of methoxy groups -OCH3 is 1. The molecular weight excluding hydrogens is 272 g/mol. The van der Waals surface area contributed by atoms with Crippen molar-refractivity contribution in [1.82, 2.24) is 10.6 Å². The first kappa shape index (κ1) is 16.8. The number of benzene rings is 1. The van der Waals surface area contributed by atoms with Crippen LogP contribution >= 0.6 is 0 Å². The van der Waals surface area contributed by atoms with E-state index in [2.05, 4.69) is 10.6 Å². The Morgan fingerprint density at radius 2 is 1.86 bits per heavy atom. The number of ether oxygens (including phenoxy) is 1. The molecule has 3 N–H and O–H groups in total. The summed E-state index contributed by atoms with van der Waals surface area (Å²) in [5.41, 5.74) is 1.04. The van der Waals surface area contributed by atoms with Gasteiger partial charge in [-0.05, 0) is 30.9 Å². The maximum atomic E-state index is 11.5. The largest absolute Gasteiger partial charge is 0.496 e. The molecule has 1 rings (SSSR count). The fraction of sp³-hybridized carbons (Fsp3) is 0.467. The molecule has 0 aliphatic rings. The van der Waals surface area contributed by atoms with Crippen molar-refractivity contribution in [3.8, 4) is 5.75 Å². The van der Waals surface area contributed by atoms with Crippen LogP contribution < -0.4 is 15.4 Å². The Labute approximate surface area is 124 Å². The normalized spacial score (nSPS) is 9.95. The van der Waals surface area contributed by atoms with E-state index in [0.29, 0.717) is 32.4 Å². The molecule has 6 nitrogen and oxygen atoms in total. The number of hydrogen-bond donors (Lipinski definition) is 3. The van der Waals surface area contributed by atoms with Crippen LogP contribution in [0.5, 0.6) is 5.75 Å². The van der Waals surface area contributed by atoms with Crippen LogP contribution in [0.2, 0.25) is 0 Å². The Kier molecular flexibility index (Phi) is 7.71. The van der Waals surface area contributed by atoms with Gasteiger partial charge in [0, 0.05) is 19.5 Å². The van der Waals surface area contributed by atoms with Gasteiger partial charge in [-0.2, -0.15) is 0 Å². The molecule has 0 aromatic heterocycles. The van der Waals surface area contributed by atoms with Gasteiger partial charge in [-0.3, -0.25) is 4.79 Å². The monoisotopic (exact) mass is 294 g/mol. The van der Waals surface area contributed by atoms with Crippen LogP contribution in [0.25, 0.3) is 0 Å². The molecule has 116 valence electrons. The number of carbonyl (C=O) groups is 2. The SMILES string of the molecule is COc1ccccc1CCNC(=O)NCCCCC(=O)O. The average molecular weight is 294 g/mol. The van der Waals surface area contributed by atoms with Gasteiger partial charge >= 0.3 is 12.0 Å². The predicted molar refractivity (Wildman–Crippen MR) is 79.6 cm³/mol. The Hall–Kier alpha value is -2.24. The van der Waals surface area contributed by atoms with E-state index in [0.717, 1.165) is 11.3 Å². The number of unbranched alkanes of at least 4 members (excludes halogenated alkanes) is 1. The molecule has 0 fully saturated rings. The van der Waals surface area contributed by atoms with Crippen LogP contribution in [0.4, 0.5) is 4.79 Å². The molecule has 0 atom stereocenters. The Morgan fingerprint density at radius 3 is 2.57 bits per heavy atom. The van der Waals surface area contributed by atoms with Crippen LogP contribution in [-0.4, -0.2) is 37.3 Å². The summed E-state index contributed by atoms with van der Waals surface area (Å²) >= 11 is 0. The van der Waals surface area contributed by atoms with Crippen LogP contribution in [0.1, 0.15) is 24.8 Å². The number of urea groups is 1. The molecule has 0 spiro atoms. The third-order valence-electron chi connectivity index (χ3n) is 2.98. The summed E-state index contributed by atoms with van der Waals surface area (Å²) in [7, 11) is 1.62. The number of para-hydroxylation sites is 1. The third-order valence-corrected chi connectivity index (χ3v) is 2.98. The van der Waals surface area contributed by atoms with Gasteiger partial charge in [0.05, 0.1) is 7.11 Å². The van der Waals surface area contributed by atoms with Crippen molar-refractivity contribution in [3.63, 3.8) is 0 Å². The molecule has 0 aliphatic heterocycles. The molecule has 0 heterocycles. The second kappa shape index (κ2) is 9.63. The molecule has 0 aliphatic carbocycles. The van der Waals surface area contributed by atoms with E-state index < -0.39 is 5.97 Å². The Balaban J connectivity index is 2.14. The van der Waals surface area contributed by atoms with Crippen LogP contribution in [-0.2, 0) is 11.2 Å². The van der Waals surface area contributed by atoms with E-state index in [1.807, 2.05) is 24.3 Å². The highest BCUT2D eigenvalue weighted by Crippen LogP contribution is 2.17. The van der Waals surface area contributed by atoms with Gasteiger partial charge in [-0.15, -0.1) is 0 Å². The van der Waals surface area contributed by atoms with Crippen molar-refractivity contribution in [3.05, 3.63) is 29.8 Å². The van der Waals surface area contributed by atoms with E-state index in [1.54, 1.807) is 7.11 Å². The minimum absolute atomic E-state index is 0.136. The average Bonchev–Trinajstić information content (AvgIpc) is 2.47. The van der Waals surface area contributed by atoms with Gasteiger partial charge in [0.15, 0.2) is 0 Å². The maximum Gasteiger partial charge on any atom is 0.314 e. The smallest absolute Gasteiger partial charge is 0.314 e. The highest BCUT2D eigenvalue weighted by atomic mass is 16.5. The fourth-order valence-electron chi connectivity index (χ4n) is 1.89. The standard InChI is InChI=1S/C15H22N2O4/c1-21-13-7-3-2-6-12(13)9-11-17-15(20)16-10-5-4-8-14(18)19/h2-3,6-7H,4-5,8-11H2,1H3,(H,18,19)(H2,16,17,20). The molecule has 21 heavy (non-hydrogen) atoms. The van der Waals surface area contributed by atoms with Gasteiger partial charge in [0.25, 0.3) is 0 Å². The molecule has 1 aromatic carbocycles. The molecule has 0 bridgehead atoms. The number of amides is 2. The maximum absolute atomic E-state index is 11.5. The van der Waals surface area contributed by atoms with Crippen molar-refractivity contribution in [2.75, 3.05) is 20.2 Å². The van der Waals surface area contributed by atoms with Crippen molar-refractivity contribution in [2.24, 2.45) is 0 Å². The first-order valence-corrected chi connectivity index (χ1v) is 6.99.